The third-order valence-electron chi connectivity index (χ3n) is 2.80. The van der Waals surface area contributed by atoms with E-state index >= 15 is 0 Å². The Kier molecular flexibility index (Phi) is 5.43. The minimum Gasteiger partial charge on any atom is -0.455 e. The Morgan fingerprint density at radius 3 is 1.92 bits per heavy atom. The van der Waals surface area contributed by atoms with E-state index in [1.807, 2.05) is 0 Å². The summed E-state index contributed by atoms with van der Waals surface area (Å²) < 4.78 is 6.36. The summed E-state index contributed by atoms with van der Waals surface area (Å²) in [5.41, 5.74) is 5.62. The summed E-state index contributed by atoms with van der Waals surface area (Å²) in [6, 6.07) is 3.51. The van der Waals surface area contributed by atoms with Gasteiger partial charge in [0.2, 0.25) is 0 Å². The minimum atomic E-state index is -1.44. The maximum atomic E-state index is 6.36. The van der Waals surface area contributed by atoms with Crippen LogP contribution in [0.3, 0.4) is 0 Å². The van der Waals surface area contributed by atoms with Gasteiger partial charge >= 0.3 is 0 Å². The van der Waals surface area contributed by atoms with Crippen molar-refractivity contribution < 1.29 is 4.12 Å². The number of hydrogen-bond acceptors (Lipinski definition) is 2. The van der Waals surface area contributed by atoms with Gasteiger partial charge in [-0.1, -0.05) is 13.8 Å². The van der Waals surface area contributed by atoms with E-state index in [1.54, 1.807) is 0 Å². The van der Waals surface area contributed by atoms with E-state index in [4.69, 9.17) is 9.85 Å². The Bertz CT molecular complexity index is 153. The Hall–Kier alpha value is 0.354. The molecule has 0 aliphatic rings. The summed E-state index contributed by atoms with van der Waals surface area (Å²) >= 11 is 0. The van der Waals surface area contributed by atoms with Crippen LogP contribution in [-0.4, -0.2) is 23.2 Å². The first-order chi connectivity index (χ1) is 5.89. The molecule has 0 spiro atoms. The van der Waals surface area contributed by atoms with Crippen molar-refractivity contribution in [1.82, 2.24) is 0 Å². The molecule has 4 heteroatoms. The number of hydrogen-bond donors (Lipinski definition) is 1. The molecule has 0 aromatic carbocycles. The van der Waals surface area contributed by atoms with Crippen LogP contribution in [0.5, 0.6) is 0 Å². The van der Waals surface area contributed by atoms with Gasteiger partial charge in [-0.15, -0.1) is 0 Å². The maximum absolute atomic E-state index is 6.36. The first-order valence-corrected chi connectivity index (χ1v) is 11.2. The van der Waals surface area contributed by atoms with Gasteiger partial charge in [0.25, 0.3) is 0 Å². The highest BCUT2D eigenvalue weighted by molar-refractivity contribution is 6.85. The van der Waals surface area contributed by atoms with Gasteiger partial charge in [0.1, 0.15) is 0 Å². The van der Waals surface area contributed by atoms with Crippen LogP contribution in [0.15, 0.2) is 0 Å². The summed E-state index contributed by atoms with van der Waals surface area (Å²) in [5.74, 6) is 0. The SMILES string of the molecule is CC[Si](C)(C)O[Si](C)(CC)CCN. The number of nitrogens with two attached hydrogens (primary N) is 1. The molecule has 2 nitrogen and oxygen atoms in total. The van der Waals surface area contributed by atoms with Crippen molar-refractivity contribution in [3.8, 4) is 0 Å². The second kappa shape index (κ2) is 5.29. The molecule has 0 rings (SSSR count). The Morgan fingerprint density at radius 1 is 1.08 bits per heavy atom. The average Bonchev–Trinajstić information content (AvgIpc) is 2.04. The summed E-state index contributed by atoms with van der Waals surface area (Å²) in [6.45, 7) is 12.2. The Labute approximate surface area is 85.1 Å². The second-order valence-corrected chi connectivity index (χ2v) is 13.7. The predicted molar refractivity (Wildman–Crippen MR) is 65.0 cm³/mol. The van der Waals surface area contributed by atoms with Crippen molar-refractivity contribution >= 4 is 16.6 Å². The summed E-state index contributed by atoms with van der Waals surface area (Å²) in [4.78, 5) is 0. The van der Waals surface area contributed by atoms with Gasteiger partial charge in [0.15, 0.2) is 16.6 Å². The summed E-state index contributed by atoms with van der Waals surface area (Å²) in [5, 5.41) is 0. The van der Waals surface area contributed by atoms with Gasteiger partial charge in [0.05, 0.1) is 0 Å². The topological polar surface area (TPSA) is 35.2 Å². The third kappa shape index (κ3) is 4.95. The van der Waals surface area contributed by atoms with Crippen LogP contribution in [0.1, 0.15) is 13.8 Å². The van der Waals surface area contributed by atoms with Gasteiger partial charge in [-0.3, -0.25) is 0 Å². The average molecular weight is 219 g/mol. The second-order valence-electron chi connectivity index (χ2n) is 4.56. The fraction of sp³-hybridized carbons (Fsp3) is 1.00. The lowest BCUT2D eigenvalue weighted by atomic mass is 10.8. The van der Waals surface area contributed by atoms with Crippen LogP contribution < -0.4 is 5.73 Å². The quantitative estimate of drug-likeness (QED) is 0.697. The zero-order valence-electron chi connectivity index (χ0n) is 9.81. The molecule has 0 heterocycles. The van der Waals surface area contributed by atoms with Crippen LogP contribution in [0, 0.1) is 0 Å². The lowest BCUT2D eigenvalue weighted by molar-refractivity contribution is 0.531. The van der Waals surface area contributed by atoms with Crippen molar-refractivity contribution in [2.75, 3.05) is 6.54 Å². The molecule has 0 aromatic rings. The molecule has 0 aliphatic heterocycles. The van der Waals surface area contributed by atoms with Crippen LogP contribution in [0.2, 0.25) is 37.8 Å². The maximum Gasteiger partial charge on any atom is 0.177 e. The third-order valence-corrected chi connectivity index (χ3v) is 11.5. The van der Waals surface area contributed by atoms with Crippen molar-refractivity contribution in [2.45, 2.75) is 51.6 Å². The van der Waals surface area contributed by atoms with E-state index in [1.165, 1.54) is 12.1 Å². The fourth-order valence-electron chi connectivity index (χ4n) is 1.34. The highest BCUT2D eigenvalue weighted by atomic mass is 28.4. The van der Waals surface area contributed by atoms with E-state index < -0.39 is 16.6 Å². The fourth-order valence-corrected chi connectivity index (χ4v) is 9.21. The van der Waals surface area contributed by atoms with Gasteiger partial charge in [-0.25, -0.2) is 0 Å². The molecule has 0 saturated heterocycles. The van der Waals surface area contributed by atoms with Crippen LogP contribution in [0.4, 0.5) is 0 Å². The standard InChI is InChI=1S/C9H25NOSi2/c1-6-12(3,4)11-13(5,7-2)9-8-10/h6-10H2,1-5H3. The molecule has 2 N–H and O–H groups in total. The van der Waals surface area contributed by atoms with Crippen molar-refractivity contribution in [2.24, 2.45) is 5.73 Å². The molecular weight excluding hydrogens is 194 g/mol. The lowest BCUT2D eigenvalue weighted by Gasteiger charge is -2.35. The van der Waals surface area contributed by atoms with E-state index in [9.17, 15) is 0 Å². The van der Waals surface area contributed by atoms with E-state index in [2.05, 4.69) is 33.5 Å². The molecule has 1 atom stereocenters. The van der Waals surface area contributed by atoms with Crippen molar-refractivity contribution in [1.29, 1.82) is 0 Å². The van der Waals surface area contributed by atoms with Crippen molar-refractivity contribution in [3.63, 3.8) is 0 Å². The molecule has 0 aromatic heterocycles. The minimum absolute atomic E-state index is 0.782. The molecule has 0 aliphatic carbocycles. The molecule has 1 unspecified atom stereocenters. The van der Waals surface area contributed by atoms with Gasteiger partial charge in [-0.2, -0.15) is 0 Å². The van der Waals surface area contributed by atoms with E-state index in [0.29, 0.717) is 0 Å². The smallest absolute Gasteiger partial charge is 0.177 e. The molecule has 0 saturated carbocycles. The van der Waals surface area contributed by atoms with Crippen LogP contribution in [-0.2, 0) is 4.12 Å². The lowest BCUT2D eigenvalue weighted by Crippen LogP contribution is -2.46. The number of rotatable bonds is 6. The van der Waals surface area contributed by atoms with Gasteiger partial charge in [0, 0.05) is 0 Å². The normalized spacial score (nSPS) is 17.1. The van der Waals surface area contributed by atoms with Gasteiger partial charge < -0.3 is 9.85 Å². The Balaban J connectivity index is 4.25. The first kappa shape index (κ1) is 13.4. The van der Waals surface area contributed by atoms with Crippen LogP contribution >= 0.6 is 0 Å². The Morgan fingerprint density at radius 2 is 1.62 bits per heavy atom. The zero-order valence-corrected chi connectivity index (χ0v) is 11.8. The molecule has 13 heavy (non-hydrogen) atoms. The highest BCUT2D eigenvalue weighted by Crippen LogP contribution is 2.23. The monoisotopic (exact) mass is 219 g/mol. The van der Waals surface area contributed by atoms with E-state index in [0.717, 1.165) is 12.6 Å². The molecular formula is C9H25NOSi2. The summed E-state index contributed by atoms with van der Waals surface area (Å²) in [6.07, 6.45) is 0. The zero-order chi connectivity index (χ0) is 10.5. The molecule has 0 bridgehead atoms. The van der Waals surface area contributed by atoms with E-state index in [-0.39, 0.29) is 0 Å². The predicted octanol–water partition coefficient (Wildman–Crippen LogP) is 2.78. The summed E-state index contributed by atoms with van der Waals surface area (Å²) in [7, 11) is -2.81. The molecule has 0 fully saturated rings. The largest absolute Gasteiger partial charge is 0.455 e. The first-order valence-electron chi connectivity index (χ1n) is 5.29. The van der Waals surface area contributed by atoms with Crippen LogP contribution in [0.25, 0.3) is 0 Å². The van der Waals surface area contributed by atoms with Gasteiger partial charge in [-0.05, 0) is 44.3 Å². The highest BCUT2D eigenvalue weighted by Gasteiger charge is 2.33. The molecule has 0 radical (unpaired) electrons. The molecule has 0 amide bonds. The van der Waals surface area contributed by atoms with Crippen molar-refractivity contribution in [3.05, 3.63) is 0 Å². The molecule has 80 valence electrons.